The molecule has 0 unspecified atom stereocenters. The number of aromatic nitrogens is 4. The Morgan fingerprint density at radius 3 is 2.76 bits per heavy atom. The van der Waals surface area contributed by atoms with E-state index in [2.05, 4.69) is 45.5 Å². The number of carbonyl (C=O) groups is 2. The molecular formula is C28H32ClN7O2. The van der Waals surface area contributed by atoms with Crippen molar-refractivity contribution in [3.63, 3.8) is 0 Å². The van der Waals surface area contributed by atoms with E-state index in [1.807, 2.05) is 12.3 Å². The standard InChI is InChI=1S/C28H32ClN7O2/c1-4-6-12-35-26-20(17-7-8-17)14-22(29)19(21(26)15-32-35)9-10-23-25(27(30)38)28(31-3)36(33-23)18-11-13-34(16-18)24(37)5-2/h5,14-15,17-18,31H,2,4,6-8,11-13,16H2,1,3H3,(H2,30,38)/t18-/m0/s1. The van der Waals surface area contributed by atoms with Gasteiger partial charge in [0.1, 0.15) is 11.4 Å². The number of anilines is 1. The first kappa shape index (κ1) is 25.9. The Hall–Kier alpha value is -3.77. The largest absolute Gasteiger partial charge is 0.373 e. The van der Waals surface area contributed by atoms with E-state index >= 15 is 0 Å². The molecule has 1 saturated heterocycles. The van der Waals surface area contributed by atoms with E-state index in [1.54, 1.807) is 16.6 Å². The van der Waals surface area contributed by atoms with Gasteiger partial charge in [0.15, 0.2) is 5.69 Å². The Morgan fingerprint density at radius 1 is 1.32 bits per heavy atom. The second-order valence-corrected chi connectivity index (χ2v) is 10.3. The van der Waals surface area contributed by atoms with Crippen molar-refractivity contribution in [1.82, 2.24) is 24.5 Å². The zero-order valence-electron chi connectivity index (χ0n) is 21.8. The van der Waals surface area contributed by atoms with Gasteiger partial charge >= 0.3 is 0 Å². The monoisotopic (exact) mass is 533 g/mol. The van der Waals surface area contributed by atoms with Crippen LogP contribution in [0, 0.1) is 11.8 Å². The molecule has 1 atom stereocenters. The number of nitrogens with zero attached hydrogens (tertiary/aromatic N) is 5. The molecule has 5 rings (SSSR count). The highest BCUT2D eigenvalue weighted by atomic mass is 35.5. The van der Waals surface area contributed by atoms with Gasteiger partial charge in [-0.1, -0.05) is 37.4 Å². The van der Waals surface area contributed by atoms with Gasteiger partial charge in [-0.15, -0.1) is 0 Å². The van der Waals surface area contributed by atoms with Crippen LogP contribution >= 0.6 is 11.6 Å². The molecule has 3 N–H and O–H groups in total. The number of rotatable bonds is 8. The average Bonchev–Trinajstić information content (AvgIpc) is 3.32. The number of fused-ring (bicyclic) bond motifs is 1. The third-order valence-electron chi connectivity index (χ3n) is 7.34. The van der Waals surface area contributed by atoms with Gasteiger partial charge in [-0.25, -0.2) is 4.68 Å². The van der Waals surface area contributed by atoms with Crippen LogP contribution in [0.2, 0.25) is 5.02 Å². The summed E-state index contributed by atoms with van der Waals surface area (Å²) in [4.78, 5) is 26.3. The van der Waals surface area contributed by atoms with E-state index in [4.69, 9.17) is 17.3 Å². The summed E-state index contributed by atoms with van der Waals surface area (Å²) in [7, 11) is 1.71. The second-order valence-electron chi connectivity index (χ2n) is 9.89. The van der Waals surface area contributed by atoms with Gasteiger partial charge in [-0.05, 0) is 55.2 Å². The van der Waals surface area contributed by atoms with Crippen molar-refractivity contribution in [2.75, 3.05) is 25.5 Å². The van der Waals surface area contributed by atoms with Gasteiger partial charge in [0.2, 0.25) is 5.91 Å². The topological polar surface area (TPSA) is 111 Å². The van der Waals surface area contributed by atoms with Crippen LogP contribution in [0.4, 0.5) is 5.82 Å². The molecule has 1 aliphatic carbocycles. The van der Waals surface area contributed by atoms with Gasteiger partial charge in [0.05, 0.1) is 28.3 Å². The van der Waals surface area contributed by atoms with Crippen LogP contribution in [0.15, 0.2) is 24.9 Å². The Labute approximate surface area is 227 Å². The molecule has 3 heterocycles. The highest BCUT2D eigenvalue weighted by molar-refractivity contribution is 6.33. The molecule has 10 heteroatoms. The zero-order chi connectivity index (χ0) is 27.0. The number of hydrogen-bond acceptors (Lipinski definition) is 5. The van der Waals surface area contributed by atoms with E-state index in [0.717, 1.165) is 43.1 Å². The molecule has 38 heavy (non-hydrogen) atoms. The maximum Gasteiger partial charge on any atom is 0.255 e. The number of nitrogens with two attached hydrogens (primary N) is 1. The molecular weight excluding hydrogens is 502 g/mol. The van der Waals surface area contributed by atoms with E-state index in [9.17, 15) is 9.59 Å². The van der Waals surface area contributed by atoms with E-state index in [-0.39, 0.29) is 23.2 Å². The van der Waals surface area contributed by atoms with Crippen LogP contribution in [0.1, 0.15) is 78.2 Å². The average molecular weight is 534 g/mol. The Morgan fingerprint density at radius 2 is 2.11 bits per heavy atom. The Bertz CT molecular complexity index is 1490. The SMILES string of the molecule is C=CC(=O)N1CC[C@H](n2nc(C#Cc3c(Cl)cc(C4CC4)c4c3cnn4CCCC)c(C(N)=O)c2NC)C1. The van der Waals surface area contributed by atoms with Gasteiger partial charge in [0.25, 0.3) is 5.91 Å². The lowest BCUT2D eigenvalue weighted by Gasteiger charge is -2.16. The summed E-state index contributed by atoms with van der Waals surface area (Å²) in [5, 5.41) is 13.9. The number of carbonyl (C=O) groups excluding carboxylic acids is 2. The summed E-state index contributed by atoms with van der Waals surface area (Å²) in [5.74, 6) is 6.50. The summed E-state index contributed by atoms with van der Waals surface area (Å²) in [6.07, 6.45) is 8.24. The van der Waals surface area contributed by atoms with Crippen molar-refractivity contribution < 1.29 is 9.59 Å². The maximum atomic E-state index is 12.5. The molecule has 9 nitrogen and oxygen atoms in total. The Balaban J connectivity index is 1.58. The lowest BCUT2D eigenvalue weighted by Crippen LogP contribution is -2.27. The number of amides is 2. The Kier molecular flexibility index (Phi) is 7.17. The molecule has 1 saturated carbocycles. The molecule has 2 fully saturated rings. The number of benzene rings is 1. The fourth-order valence-corrected chi connectivity index (χ4v) is 5.51. The first-order chi connectivity index (χ1) is 18.4. The molecule has 2 aliphatic rings. The highest BCUT2D eigenvalue weighted by Crippen LogP contribution is 2.45. The molecule has 0 bridgehead atoms. The summed E-state index contributed by atoms with van der Waals surface area (Å²) in [5.41, 5.74) is 9.24. The summed E-state index contributed by atoms with van der Waals surface area (Å²) in [6.45, 7) is 7.61. The fourth-order valence-electron chi connectivity index (χ4n) is 5.24. The zero-order valence-corrected chi connectivity index (χ0v) is 22.5. The number of likely N-dealkylation sites (tertiary alicyclic amines) is 1. The van der Waals surface area contributed by atoms with Gasteiger partial charge in [-0.2, -0.15) is 10.2 Å². The fraction of sp³-hybridized carbons (Fsp3) is 0.429. The number of primary amides is 1. The molecule has 2 amide bonds. The molecule has 1 aromatic carbocycles. The number of halogens is 1. The van der Waals surface area contributed by atoms with Crippen LogP contribution in [0.5, 0.6) is 0 Å². The number of hydrogen-bond donors (Lipinski definition) is 2. The smallest absolute Gasteiger partial charge is 0.255 e. The minimum Gasteiger partial charge on any atom is -0.373 e. The lowest BCUT2D eigenvalue weighted by molar-refractivity contribution is -0.125. The van der Waals surface area contributed by atoms with E-state index < -0.39 is 5.91 Å². The van der Waals surface area contributed by atoms with Crippen molar-refractivity contribution in [1.29, 1.82) is 0 Å². The quantitative estimate of drug-likeness (QED) is 0.335. The predicted molar refractivity (Wildman–Crippen MR) is 148 cm³/mol. The molecule has 0 spiro atoms. The lowest BCUT2D eigenvalue weighted by atomic mass is 10.0. The van der Waals surface area contributed by atoms with Gasteiger partial charge in [0, 0.05) is 32.1 Å². The number of nitrogens with one attached hydrogen (secondary N) is 1. The van der Waals surface area contributed by atoms with E-state index in [0.29, 0.717) is 41.8 Å². The van der Waals surface area contributed by atoms with Crippen molar-refractivity contribution in [2.24, 2.45) is 5.73 Å². The van der Waals surface area contributed by atoms with Crippen molar-refractivity contribution >= 4 is 40.1 Å². The summed E-state index contributed by atoms with van der Waals surface area (Å²) < 4.78 is 3.78. The minimum absolute atomic E-state index is 0.125. The van der Waals surface area contributed by atoms with Gasteiger partial charge in [-0.3, -0.25) is 14.3 Å². The minimum atomic E-state index is -0.630. The third kappa shape index (κ3) is 4.65. The molecule has 3 aromatic rings. The van der Waals surface area contributed by atoms with Gasteiger partial charge < -0.3 is 16.0 Å². The number of aryl methyl sites for hydroxylation is 1. The molecule has 198 valence electrons. The summed E-state index contributed by atoms with van der Waals surface area (Å²) >= 11 is 6.77. The van der Waals surface area contributed by atoms with Crippen molar-refractivity contribution in [3.05, 3.63) is 52.3 Å². The first-order valence-corrected chi connectivity index (χ1v) is 13.5. The van der Waals surface area contributed by atoms with Crippen molar-refractivity contribution in [2.45, 2.75) is 57.5 Å². The van der Waals surface area contributed by atoms with Crippen LogP contribution in [-0.4, -0.2) is 56.4 Å². The number of unbranched alkanes of at least 4 members (excludes halogenated alkanes) is 1. The van der Waals surface area contributed by atoms with Crippen LogP contribution in [0.25, 0.3) is 10.9 Å². The van der Waals surface area contributed by atoms with E-state index in [1.165, 1.54) is 11.6 Å². The molecule has 0 radical (unpaired) electrons. The van der Waals surface area contributed by atoms with Crippen molar-refractivity contribution in [3.8, 4) is 11.8 Å². The third-order valence-corrected chi connectivity index (χ3v) is 7.64. The first-order valence-electron chi connectivity index (χ1n) is 13.1. The second kappa shape index (κ2) is 10.5. The normalized spacial score (nSPS) is 16.9. The van der Waals surface area contributed by atoms with Crippen LogP contribution in [0.3, 0.4) is 0 Å². The summed E-state index contributed by atoms with van der Waals surface area (Å²) in [6, 6.07) is 1.89. The predicted octanol–water partition coefficient (Wildman–Crippen LogP) is 4.06. The molecule has 1 aliphatic heterocycles. The highest BCUT2D eigenvalue weighted by Gasteiger charge is 2.32. The van der Waals surface area contributed by atoms with Crippen LogP contribution < -0.4 is 11.1 Å². The maximum absolute atomic E-state index is 12.5. The van der Waals surface area contributed by atoms with Crippen LogP contribution in [-0.2, 0) is 11.3 Å². The molecule has 2 aromatic heterocycles.